The van der Waals surface area contributed by atoms with Gasteiger partial charge in [0, 0.05) is 12.1 Å². The molecule has 1 saturated heterocycles. The largest absolute Gasteiger partial charge is 0.353 e. The molecule has 0 aromatic heterocycles. The minimum absolute atomic E-state index is 0.0281. The Morgan fingerprint density at radius 3 is 3.11 bits per heavy atom. The van der Waals surface area contributed by atoms with Crippen LogP contribution in [-0.4, -0.2) is 24.5 Å². The summed E-state index contributed by atoms with van der Waals surface area (Å²) < 4.78 is 13.0. The molecule has 1 amide bonds. The number of nitrogens with one attached hydrogen (secondary N) is 2. The quantitative estimate of drug-likeness (QED) is 0.856. The molecule has 1 fully saturated rings. The van der Waals surface area contributed by atoms with E-state index in [2.05, 4.69) is 17.6 Å². The van der Waals surface area contributed by atoms with Crippen molar-refractivity contribution in [3.8, 4) is 0 Å². The van der Waals surface area contributed by atoms with Gasteiger partial charge in [0.15, 0.2) is 0 Å². The van der Waals surface area contributed by atoms with Crippen LogP contribution in [0.3, 0.4) is 0 Å². The Balaban J connectivity index is 1.85. The first-order valence-corrected chi connectivity index (χ1v) is 6.40. The lowest BCUT2D eigenvalue weighted by atomic mass is 10.0. The Morgan fingerprint density at radius 2 is 2.39 bits per heavy atom. The van der Waals surface area contributed by atoms with Gasteiger partial charge < -0.3 is 10.6 Å². The molecule has 1 aliphatic rings. The van der Waals surface area contributed by atoms with Gasteiger partial charge >= 0.3 is 0 Å². The van der Waals surface area contributed by atoms with Gasteiger partial charge in [0.25, 0.3) is 0 Å². The summed E-state index contributed by atoms with van der Waals surface area (Å²) in [7, 11) is 0. The maximum Gasteiger partial charge on any atom is 0.224 e. The molecule has 1 heterocycles. The highest BCUT2D eigenvalue weighted by Crippen LogP contribution is 2.09. The lowest BCUT2D eigenvalue weighted by Gasteiger charge is -2.28. The second-order valence-electron chi connectivity index (χ2n) is 4.95. The van der Waals surface area contributed by atoms with Crippen molar-refractivity contribution in [3.63, 3.8) is 0 Å². The van der Waals surface area contributed by atoms with E-state index in [9.17, 15) is 9.18 Å². The maximum atomic E-state index is 13.0. The van der Waals surface area contributed by atoms with Crippen molar-refractivity contribution < 1.29 is 9.18 Å². The number of rotatable bonds is 3. The first kappa shape index (κ1) is 13.0. The maximum absolute atomic E-state index is 13.0. The number of carbonyl (C=O) groups excluding carboxylic acids is 1. The number of carbonyl (C=O) groups is 1. The second kappa shape index (κ2) is 5.96. The highest BCUT2D eigenvalue weighted by Gasteiger charge is 2.19. The number of piperidine rings is 1. The zero-order valence-corrected chi connectivity index (χ0v) is 10.6. The average molecular weight is 250 g/mol. The van der Waals surface area contributed by atoms with Crippen LogP contribution in [0.2, 0.25) is 0 Å². The SMILES string of the molecule is CC1CC(NC(=O)Cc2cccc(F)c2)CCN1. The van der Waals surface area contributed by atoms with Gasteiger partial charge in [-0.3, -0.25) is 4.79 Å². The van der Waals surface area contributed by atoms with Gasteiger partial charge in [0.1, 0.15) is 5.82 Å². The van der Waals surface area contributed by atoms with Crippen molar-refractivity contribution in [2.24, 2.45) is 0 Å². The predicted molar refractivity (Wildman–Crippen MR) is 68.7 cm³/mol. The van der Waals surface area contributed by atoms with Gasteiger partial charge in [-0.05, 0) is 44.0 Å². The Morgan fingerprint density at radius 1 is 1.56 bits per heavy atom. The van der Waals surface area contributed by atoms with E-state index in [1.165, 1.54) is 12.1 Å². The van der Waals surface area contributed by atoms with E-state index >= 15 is 0 Å². The first-order valence-electron chi connectivity index (χ1n) is 6.40. The van der Waals surface area contributed by atoms with E-state index < -0.39 is 0 Å². The zero-order valence-electron chi connectivity index (χ0n) is 10.6. The molecule has 1 aliphatic heterocycles. The molecule has 2 rings (SSSR count). The van der Waals surface area contributed by atoms with Crippen LogP contribution >= 0.6 is 0 Å². The Hall–Kier alpha value is -1.42. The number of hydrogen-bond donors (Lipinski definition) is 2. The molecule has 0 aliphatic carbocycles. The summed E-state index contributed by atoms with van der Waals surface area (Å²) in [6.07, 6.45) is 2.16. The fraction of sp³-hybridized carbons (Fsp3) is 0.500. The summed E-state index contributed by atoms with van der Waals surface area (Å²) >= 11 is 0. The third kappa shape index (κ3) is 3.81. The van der Waals surface area contributed by atoms with Crippen molar-refractivity contribution in [1.82, 2.24) is 10.6 Å². The molecule has 1 aromatic rings. The van der Waals surface area contributed by atoms with Crippen LogP contribution < -0.4 is 10.6 Å². The third-order valence-electron chi connectivity index (χ3n) is 3.24. The van der Waals surface area contributed by atoms with Crippen molar-refractivity contribution in [1.29, 1.82) is 0 Å². The van der Waals surface area contributed by atoms with E-state index in [4.69, 9.17) is 0 Å². The van der Waals surface area contributed by atoms with Crippen LogP contribution in [0.4, 0.5) is 4.39 Å². The lowest BCUT2D eigenvalue weighted by Crippen LogP contribution is -2.46. The van der Waals surface area contributed by atoms with Crippen LogP contribution in [0, 0.1) is 5.82 Å². The Labute approximate surface area is 107 Å². The van der Waals surface area contributed by atoms with E-state index in [0.29, 0.717) is 6.04 Å². The molecule has 0 radical (unpaired) electrons. The summed E-state index contributed by atoms with van der Waals surface area (Å²) in [6, 6.07) is 6.87. The van der Waals surface area contributed by atoms with Crippen LogP contribution in [0.15, 0.2) is 24.3 Å². The molecule has 0 saturated carbocycles. The lowest BCUT2D eigenvalue weighted by molar-refractivity contribution is -0.121. The molecule has 98 valence electrons. The predicted octanol–water partition coefficient (Wildman–Crippen LogP) is 1.62. The van der Waals surface area contributed by atoms with E-state index in [0.717, 1.165) is 24.9 Å². The molecule has 18 heavy (non-hydrogen) atoms. The van der Waals surface area contributed by atoms with Gasteiger partial charge in [0.2, 0.25) is 5.91 Å². The number of amides is 1. The van der Waals surface area contributed by atoms with Crippen LogP contribution in [0.1, 0.15) is 25.3 Å². The van der Waals surface area contributed by atoms with Crippen molar-refractivity contribution in [2.45, 2.75) is 38.3 Å². The van der Waals surface area contributed by atoms with Crippen LogP contribution in [0.25, 0.3) is 0 Å². The Kier molecular flexibility index (Phi) is 4.31. The van der Waals surface area contributed by atoms with E-state index in [1.807, 2.05) is 0 Å². The molecule has 2 N–H and O–H groups in total. The van der Waals surface area contributed by atoms with E-state index in [-0.39, 0.29) is 24.2 Å². The zero-order chi connectivity index (χ0) is 13.0. The second-order valence-corrected chi connectivity index (χ2v) is 4.95. The van der Waals surface area contributed by atoms with Gasteiger partial charge in [0.05, 0.1) is 6.42 Å². The summed E-state index contributed by atoms with van der Waals surface area (Å²) in [4.78, 5) is 11.8. The minimum atomic E-state index is -0.296. The Bertz CT molecular complexity index is 422. The van der Waals surface area contributed by atoms with Crippen molar-refractivity contribution in [3.05, 3.63) is 35.6 Å². The first-order chi connectivity index (χ1) is 8.63. The standard InChI is InChI=1S/C14H19FN2O/c1-10-7-13(5-6-16-10)17-14(18)9-11-3-2-4-12(15)8-11/h2-4,8,10,13,16H,5-7,9H2,1H3,(H,17,18). The molecule has 1 aromatic carbocycles. The fourth-order valence-electron chi connectivity index (χ4n) is 2.37. The van der Waals surface area contributed by atoms with Gasteiger partial charge in [-0.15, -0.1) is 0 Å². The molecule has 2 unspecified atom stereocenters. The van der Waals surface area contributed by atoms with Crippen molar-refractivity contribution >= 4 is 5.91 Å². The normalized spacial score (nSPS) is 23.7. The fourth-order valence-corrected chi connectivity index (χ4v) is 2.37. The highest BCUT2D eigenvalue weighted by molar-refractivity contribution is 5.78. The monoisotopic (exact) mass is 250 g/mol. The molecular weight excluding hydrogens is 231 g/mol. The number of hydrogen-bond acceptors (Lipinski definition) is 2. The van der Waals surface area contributed by atoms with E-state index in [1.54, 1.807) is 12.1 Å². The summed E-state index contributed by atoms with van der Waals surface area (Å²) in [5, 5.41) is 6.36. The van der Waals surface area contributed by atoms with Crippen molar-refractivity contribution in [2.75, 3.05) is 6.54 Å². The third-order valence-corrected chi connectivity index (χ3v) is 3.24. The topological polar surface area (TPSA) is 41.1 Å². The number of halogens is 1. The van der Waals surface area contributed by atoms with Crippen LogP contribution in [-0.2, 0) is 11.2 Å². The smallest absolute Gasteiger partial charge is 0.224 e. The molecule has 4 heteroatoms. The molecule has 3 nitrogen and oxygen atoms in total. The molecule has 0 bridgehead atoms. The summed E-state index contributed by atoms with van der Waals surface area (Å²) in [6.45, 7) is 3.05. The molecule has 2 atom stereocenters. The highest BCUT2D eigenvalue weighted by atomic mass is 19.1. The van der Waals surface area contributed by atoms with Gasteiger partial charge in [-0.25, -0.2) is 4.39 Å². The summed E-state index contributed by atoms with van der Waals surface area (Å²) in [5.41, 5.74) is 0.717. The average Bonchev–Trinajstić information content (AvgIpc) is 2.28. The minimum Gasteiger partial charge on any atom is -0.353 e. The summed E-state index contributed by atoms with van der Waals surface area (Å²) in [5.74, 6) is -0.324. The van der Waals surface area contributed by atoms with Crippen LogP contribution in [0.5, 0.6) is 0 Å². The molecular formula is C14H19FN2O. The molecule has 0 spiro atoms. The van der Waals surface area contributed by atoms with Gasteiger partial charge in [-0.2, -0.15) is 0 Å². The number of benzene rings is 1. The van der Waals surface area contributed by atoms with Gasteiger partial charge in [-0.1, -0.05) is 12.1 Å².